The molecule has 0 fully saturated rings. The van der Waals surface area contributed by atoms with E-state index in [1.54, 1.807) is 36.6 Å². The summed E-state index contributed by atoms with van der Waals surface area (Å²) >= 11 is 2.42. The topological polar surface area (TPSA) is 122 Å². The maximum atomic E-state index is 14.0. The Morgan fingerprint density at radius 2 is 1.82 bits per heavy atom. The first kappa shape index (κ1) is 29.3. The lowest BCUT2D eigenvalue weighted by Crippen LogP contribution is -2.40. The number of nitrogens with zero attached hydrogens (tertiary/aromatic N) is 3. The number of aromatic amines is 1. The van der Waals surface area contributed by atoms with E-state index >= 15 is 0 Å². The van der Waals surface area contributed by atoms with Crippen LogP contribution in [0.2, 0.25) is 0 Å². The van der Waals surface area contributed by atoms with Crippen molar-refractivity contribution in [2.24, 2.45) is 4.99 Å². The zero-order valence-corrected chi connectivity index (χ0v) is 26.1. The highest BCUT2D eigenvalue weighted by atomic mass is 32.2. The molecule has 6 rings (SSSR count). The molecule has 0 spiro atoms. The summed E-state index contributed by atoms with van der Waals surface area (Å²) in [6.45, 7) is 7.79. The fraction of sp³-hybridized carbons (Fsp3) is 0.182. The van der Waals surface area contributed by atoms with Gasteiger partial charge in [0.1, 0.15) is 5.76 Å². The van der Waals surface area contributed by atoms with Crippen LogP contribution in [0.25, 0.3) is 6.08 Å². The molecule has 11 heteroatoms. The minimum Gasteiger partial charge on any atom is -0.450 e. The third kappa shape index (κ3) is 6.01. The lowest BCUT2D eigenvalue weighted by molar-refractivity contribution is -0.113. The van der Waals surface area contributed by atoms with Gasteiger partial charge in [-0.1, -0.05) is 67.6 Å². The molecule has 9 nitrogen and oxygen atoms in total. The molecule has 1 aliphatic heterocycles. The Hall–Kier alpha value is -4.74. The second-order valence-electron chi connectivity index (χ2n) is 10.7. The van der Waals surface area contributed by atoms with E-state index in [2.05, 4.69) is 29.1 Å². The predicted molar refractivity (Wildman–Crippen MR) is 172 cm³/mol. The summed E-state index contributed by atoms with van der Waals surface area (Å²) in [7, 11) is 0. The minimum absolute atomic E-state index is 0.242. The van der Waals surface area contributed by atoms with Gasteiger partial charge in [0.05, 0.1) is 21.8 Å². The molecule has 222 valence electrons. The molecule has 4 heterocycles. The third-order valence-electron chi connectivity index (χ3n) is 7.14. The highest BCUT2D eigenvalue weighted by Crippen LogP contribution is 2.32. The Kier molecular flexibility index (Phi) is 8.07. The summed E-state index contributed by atoms with van der Waals surface area (Å²) < 4.78 is 7.96. The molecule has 0 saturated heterocycles. The van der Waals surface area contributed by atoms with Crippen molar-refractivity contribution in [1.82, 2.24) is 14.5 Å². The number of para-hydroxylation sites is 1. The second kappa shape index (κ2) is 12.1. The number of carbonyl (C=O) groups excluding carboxylic acids is 1. The molecule has 3 aromatic heterocycles. The average Bonchev–Trinajstić information content (AvgIpc) is 3.55. The van der Waals surface area contributed by atoms with Gasteiger partial charge in [-0.15, -0.1) is 0 Å². The summed E-state index contributed by atoms with van der Waals surface area (Å²) in [6, 6.07) is 21.5. The molecule has 1 atom stereocenters. The molecule has 2 aromatic carbocycles. The first-order valence-corrected chi connectivity index (χ1v) is 15.6. The van der Waals surface area contributed by atoms with Crippen LogP contribution in [0, 0.1) is 6.92 Å². The van der Waals surface area contributed by atoms with E-state index in [1.807, 2.05) is 54.6 Å². The van der Waals surface area contributed by atoms with Crippen LogP contribution in [0.4, 0.5) is 5.69 Å². The molecule has 0 saturated carbocycles. The van der Waals surface area contributed by atoms with Crippen LogP contribution in [-0.2, 0) is 4.79 Å². The van der Waals surface area contributed by atoms with Crippen LogP contribution in [0.5, 0.6) is 0 Å². The number of anilines is 1. The van der Waals surface area contributed by atoms with Crippen molar-refractivity contribution in [3.63, 3.8) is 0 Å². The summed E-state index contributed by atoms with van der Waals surface area (Å²) in [6.07, 6.45) is 1.67. The molecule has 2 N–H and O–H groups in total. The van der Waals surface area contributed by atoms with Gasteiger partial charge in [-0.25, -0.2) is 9.98 Å². The lowest BCUT2D eigenvalue weighted by atomic mass is 9.93. The van der Waals surface area contributed by atoms with Crippen LogP contribution in [0.15, 0.2) is 113 Å². The number of allylic oxidation sites excluding steroid dienone is 1. The van der Waals surface area contributed by atoms with Gasteiger partial charge in [-0.2, -0.15) is 0 Å². The minimum atomic E-state index is -0.676. The van der Waals surface area contributed by atoms with Crippen LogP contribution in [-0.4, -0.2) is 20.4 Å². The summed E-state index contributed by atoms with van der Waals surface area (Å²) in [5.41, 5.74) is 3.65. The Balaban J connectivity index is 1.41. The number of carbonyl (C=O) groups is 1. The molecule has 0 unspecified atom stereocenters. The number of furan rings is 1. The van der Waals surface area contributed by atoms with E-state index in [0.717, 1.165) is 11.1 Å². The monoisotopic (exact) mass is 623 g/mol. The van der Waals surface area contributed by atoms with E-state index in [-0.39, 0.29) is 17.0 Å². The molecule has 0 bridgehead atoms. The smallest absolute Gasteiger partial charge is 0.271 e. The second-order valence-corrected chi connectivity index (χ2v) is 12.7. The Bertz CT molecular complexity index is 2140. The van der Waals surface area contributed by atoms with Crippen LogP contribution < -0.4 is 25.8 Å². The first-order valence-electron chi connectivity index (χ1n) is 14.0. The number of hydrogen-bond donors (Lipinski definition) is 2. The van der Waals surface area contributed by atoms with Crippen LogP contribution in [0.3, 0.4) is 0 Å². The molecule has 5 aromatic rings. The van der Waals surface area contributed by atoms with Gasteiger partial charge in [-0.05, 0) is 66.9 Å². The SMILES string of the molecule is CC1=C(C(=O)Nc2ccccc2)[C@H](c2ccc(C(C)C)cc2)n2c(s/c(=C/c3ccc(Sc4nc(C)cc(=O)[nH]4)o3)c2=O)=N1. The summed E-state index contributed by atoms with van der Waals surface area (Å²) in [5.74, 6) is 0.478. The number of benzene rings is 2. The van der Waals surface area contributed by atoms with Gasteiger partial charge in [0.25, 0.3) is 17.0 Å². The lowest BCUT2D eigenvalue weighted by Gasteiger charge is -2.25. The van der Waals surface area contributed by atoms with Gasteiger partial charge in [-0.3, -0.25) is 19.0 Å². The van der Waals surface area contributed by atoms with Crippen molar-refractivity contribution >= 4 is 40.8 Å². The van der Waals surface area contributed by atoms with Gasteiger partial charge in [0.15, 0.2) is 15.1 Å². The fourth-order valence-electron chi connectivity index (χ4n) is 5.00. The van der Waals surface area contributed by atoms with Crippen molar-refractivity contribution < 1.29 is 9.21 Å². The van der Waals surface area contributed by atoms with Crippen molar-refractivity contribution in [2.75, 3.05) is 5.32 Å². The number of aromatic nitrogens is 3. The van der Waals surface area contributed by atoms with Gasteiger partial charge in [0, 0.05) is 23.5 Å². The number of rotatable bonds is 7. The predicted octanol–water partition coefficient (Wildman–Crippen LogP) is 5.13. The molecular formula is C33H29N5O4S2. The van der Waals surface area contributed by atoms with Gasteiger partial charge < -0.3 is 14.7 Å². The van der Waals surface area contributed by atoms with Crippen molar-refractivity contribution in [2.45, 2.75) is 49.9 Å². The molecule has 1 amide bonds. The maximum Gasteiger partial charge on any atom is 0.271 e. The van der Waals surface area contributed by atoms with Crippen molar-refractivity contribution in [3.05, 3.63) is 137 Å². The summed E-state index contributed by atoms with van der Waals surface area (Å²) in [4.78, 5) is 51.8. The normalized spacial score (nSPS) is 14.9. The standard InChI is InChI=1S/C33H29N5O4S2/c1-18(2)21-10-12-22(13-11-21)29-28(30(40)36-23-8-6-5-7-9-23)20(4)35-33-38(29)31(41)25(43-33)17-24-14-15-27(42-24)44-32-34-19(3)16-26(39)37-32/h5-18,29H,1-4H3,(H,36,40)(H,34,37,39)/b25-17+/t29-/m0/s1. The Morgan fingerprint density at radius 1 is 1.07 bits per heavy atom. The van der Waals surface area contributed by atoms with Crippen molar-refractivity contribution in [1.29, 1.82) is 0 Å². The zero-order chi connectivity index (χ0) is 31.0. The molecule has 1 aliphatic rings. The molecule has 0 radical (unpaired) electrons. The average molecular weight is 624 g/mol. The highest BCUT2D eigenvalue weighted by Gasteiger charge is 2.32. The van der Waals surface area contributed by atoms with Crippen LogP contribution in [0.1, 0.15) is 55.3 Å². The number of thiazole rings is 1. The number of amides is 1. The fourth-order valence-corrected chi connectivity index (χ4v) is 6.83. The molecule has 44 heavy (non-hydrogen) atoms. The Morgan fingerprint density at radius 3 is 2.52 bits per heavy atom. The highest BCUT2D eigenvalue weighted by molar-refractivity contribution is 7.99. The third-order valence-corrected chi connectivity index (χ3v) is 8.93. The maximum absolute atomic E-state index is 14.0. The van der Waals surface area contributed by atoms with E-state index in [0.29, 0.717) is 53.9 Å². The van der Waals surface area contributed by atoms with E-state index in [1.165, 1.54) is 29.2 Å². The number of hydrogen-bond acceptors (Lipinski definition) is 8. The Labute approximate surface area is 260 Å². The zero-order valence-electron chi connectivity index (χ0n) is 24.5. The quantitative estimate of drug-likeness (QED) is 0.242. The number of H-pyrrole nitrogens is 1. The first-order chi connectivity index (χ1) is 21.2. The van der Waals surface area contributed by atoms with Crippen LogP contribution >= 0.6 is 23.1 Å². The van der Waals surface area contributed by atoms with E-state index < -0.39 is 6.04 Å². The van der Waals surface area contributed by atoms with E-state index in [9.17, 15) is 14.4 Å². The number of aryl methyl sites for hydroxylation is 1. The summed E-state index contributed by atoms with van der Waals surface area (Å²) in [5, 5.41) is 3.90. The molecule has 0 aliphatic carbocycles. The number of fused-ring (bicyclic) bond motifs is 1. The molecular weight excluding hydrogens is 595 g/mol. The largest absolute Gasteiger partial charge is 0.450 e. The van der Waals surface area contributed by atoms with Crippen molar-refractivity contribution in [3.8, 4) is 0 Å². The van der Waals surface area contributed by atoms with E-state index in [4.69, 9.17) is 9.41 Å². The van der Waals surface area contributed by atoms with Gasteiger partial charge in [0.2, 0.25) is 0 Å². The number of nitrogens with one attached hydrogen (secondary N) is 2. The van der Waals surface area contributed by atoms with Gasteiger partial charge >= 0.3 is 0 Å².